The Labute approximate surface area is 164 Å². The van der Waals surface area contributed by atoms with E-state index in [1.54, 1.807) is 4.90 Å². The van der Waals surface area contributed by atoms with Crippen LogP contribution >= 0.6 is 0 Å². The van der Waals surface area contributed by atoms with Gasteiger partial charge >= 0.3 is 6.18 Å². The third-order valence-electron chi connectivity index (χ3n) is 5.63. The fourth-order valence-electron chi connectivity index (χ4n) is 3.75. The summed E-state index contributed by atoms with van der Waals surface area (Å²) in [6.45, 7) is 2.78. The van der Waals surface area contributed by atoms with Crippen LogP contribution in [0.2, 0.25) is 0 Å². The van der Waals surface area contributed by atoms with Crippen LogP contribution in [0, 0.1) is 5.41 Å². The van der Waals surface area contributed by atoms with Crippen molar-refractivity contribution in [1.82, 2.24) is 9.80 Å². The lowest BCUT2D eigenvalue weighted by Gasteiger charge is -2.26. The Balaban J connectivity index is 1.69. The van der Waals surface area contributed by atoms with E-state index < -0.39 is 12.6 Å². The van der Waals surface area contributed by atoms with Crippen LogP contribution in [0.5, 0.6) is 5.75 Å². The van der Waals surface area contributed by atoms with E-state index in [9.17, 15) is 18.0 Å². The first-order valence-electron chi connectivity index (χ1n) is 10.0. The number of carbonyl (C=O) groups excluding carboxylic acids is 1. The molecule has 1 aliphatic carbocycles. The zero-order chi connectivity index (χ0) is 20.2. The highest BCUT2D eigenvalue weighted by Crippen LogP contribution is 2.47. The fourth-order valence-corrected chi connectivity index (χ4v) is 3.75. The van der Waals surface area contributed by atoms with Gasteiger partial charge in [0.15, 0.2) is 0 Å². The van der Waals surface area contributed by atoms with Gasteiger partial charge in [-0.3, -0.25) is 9.69 Å². The van der Waals surface area contributed by atoms with Gasteiger partial charge in [-0.05, 0) is 62.9 Å². The van der Waals surface area contributed by atoms with Crippen molar-refractivity contribution >= 4 is 5.91 Å². The summed E-state index contributed by atoms with van der Waals surface area (Å²) >= 11 is 0. The number of fused-ring (bicyclic) bond motifs is 2. The Hall–Kier alpha value is -1.76. The molecule has 1 aromatic carbocycles. The standard InChI is InChI=1S/C21H29F3N2O2/c1-25-11-2-3-12-26(13-5-8-21(22,23)24)15-17-6-4-7-18(14-17)28-16-20(9-10-20)19(25)27/h4,6-7,14H,2-3,5,8-13,15-16H2,1H3. The molecular formula is C21H29F3N2O2. The average molecular weight is 398 g/mol. The Morgan fingerprint density at radius 3 is 2.64 bits per heavy atom. The molecule has 0 aromatic heterocycles. The molecule has 2 aliphatic rings. The molecule has 7 heteroatoms. The molecule has 0 radical (unpaired) electrons. The van der Waals surface area contributed by atoms with E-state index >= 15 is 0 Å². The molecule has 3 rings (SSSR count). The molecule has 1 heterocycles. The van der Waals surface area contributed by atoms with Crippen LogP contribution in [0.1, 0.15) is 44.1 Å². The van der Waals surface area contributed by atoms with Crippen LogP contribution < -0.4 is 4.74 Å². The first-order chi connectivity index (χ1) is 13.3. The van der Waals surface area contributed by atoms with Gasteiger partial charge in [-0.1, -0.05) is 12.1 Å². The number of halogens is 3. The summed E-state index contributed by atoms with van der Waals surface area (Å²) in [5, 5.41) is 0. The summed E-state index contributed by atoms with van der Waals surface area (Å²) in [7, 11) is 1.83. The fraction of sp³-hybridized carbons (Fsp3) is 0.667. The minimum atomic E-state index is -4.11. The van der Waals surface area contributed by atoms with Gasteiger partial charge < -0.3 is 9.64 Å². The second kappa shape index (κ2) is 8.72. The lowest BCUT2D eigenvalue weighted by Crippen LogP contribution is -2.38. The molecule has 1 amide bonds. The number of carbonyl (C=O) groups is 1. The largest absolute Gasteiger partial charge is 0.492 e. The van der Waals surface area contributed by atoms with E-state index in [1.165, 1.54) is 0 Å². The van der Waals surface area contributed by atoms with Gasteiger partial charge in [0.2, 0.25) is 5.91 Å². The van der Waals surface area contributed by atoms with Crippen molar-refractivity contribution in [2.45, 2.75) is 51.2 Å². The lowest BCUT2D eigenvalue weighted by molar-refractivity contribution is -0.137. The number of rotatable bonds is 3. The summed E-state index contributed by atoms with van der Waals surface area (Å²) < 4.78 is 43.4. The van der Waals surface area contributed by atoms with E-state index in [0.29, 0.717) is 32.0 Å². The molecule has 0 unspecified atom stereocenters. The van der Waals surface area contributed by atoms with Crippen LogP contribution in [0.4, 0.5) is 13.2 Å². The molecule has 1 fully saturated rings. The van der Waals surface area contributed by atoms with Crippen molar-refractivity contribution in [3.8, 4) is 5.75 Å². The second-order valence-corrected chi connectivity index (χ2v) is 8.15. The number of benzene rings is 1. The molecule has 1 aromatic rings. The Morgan fingerprint density at radius 1 is 1.18 bits per heavy atom. The third kappa shape index (κ3) is 5.87. The van der Waals surface area contributed by atoms with Crippen molar-refractivity contribution in [2.24, 2.45) is 5.41 Å². The zero-order valence-corrected chi connectivity index (χ0v) is 16.4. The zero-order valence-electron chi connectivity index (χ0n) is 16.4. The lowest BCUT2D eigenvalue weighted by atomic mass is 10.1. The first kappa shape index (κ1) is 21.0. The van der Waals surface area contributed by atoms with Gasteiger partial charge in [0.25, 0.3) is 0 Å². The normalized spacial score (nSPS) is 21.3. The molecule has 0 atom stereocenters. The van der Waals surface area contributed by atoms with Gasteiger partial charge in [0.1, 0.15) is 12.4 Å². The molecule has 1 saturated carbocycles. The average Bonchev–Trinajstić information content (AvgIpc) is 3.42. The maximum absolute atomic E-state index is 12.8. The maximum Gasteiger partial charge on any atom is 0.389 e. The van der Waals surface area contributed by atoms with E-state index in [1.807, 2.05) is 31.3 Å². The Bertz CT molecular complexity index is 674. The van der Waals surface area contributed by atoms with Gasteiger partial charge in [-0.2, -0.15) is 13.2 Å². The van der Waals surface area contributed by atoms with Gasteiger partial charge in [-0.15, -0.1) is 0 Å². The summed E-state index contributed by atoms with van der Waals surface area (Å²) in [5.41, 5.74) is 0.647. The van der Waals surface area contributed by atoms with Gasteiger partial charge in [-0.25, -0.2) is 0 Å². The Morgan fingerprint density at radius 2 is 1.93 bits per heavy atom. The van der Waals surface area contributed by atoms with E-state index in [-0.39, 0.29) is 17.7 Å². The molecule has 0 saturated heterocycles. The van der Waals surface area contributed by atoms with Crippen molar-refractivity contribution in [1.29, 1.82) is 0 Å². The number of hydrogen-bond donors (Lipinski definition) is 0. The van der Waals surface area contributed by atoms with Crippen LogP contribution in [0.25, 0.3) is 0 Å². The minimum absolute atomic E-state index is 0.0978. The highest BCUT2D eigenvalue weighted by atomic mass is 19.4. The number of hydrogen-bond acceptors (Lipinski definition) is 3. The van der Waals surface area contributed by atoms with Crippen LogP contribution in [0.15, 0.2) is 24.3 Å². The van der Waals surface area contributed by atoms with Crippen molar-refractivity contribution < 1.29 is 22.7 Å². The molecular weight excluding hydrogens is 369 g/mol. The number of ether oxygens (including phenoxy) is 1. The molecule has 1 spiro atoms. The van der Waals surface area contributed by atoms with E-state index in [2.05, 4.69) is 4.90 Å². The quantitative estimate of drug-likeness (QED) is 0.763. The van der Waals surface area contributed by atoms with E-state index in [4.69, 9.17) is 4.74 Å². The molecule has 0 N–H and O–H groups in total. The third-order valence-corrected chi connectivity index (χ3v) is 5.63. The predicted molar refractivity (Wildman–Crippen MR) is 101 cm³/mol. The molecule has 1 aliphatic heterocycles. The van der Waals surface area contributed by atoms with Crippen molar-refractivity contribution in [3.63, 3.8) is 0 Å². The monoisotopic (exact) mass is 398 g/mol. The summed E-state index contributed by atoms with van der Waals surface area (Å²) in [6.07, 6.45) is -1.35. The van der Waals surface area contributed by atoms with Gasteiger partial charge in [0.05, 0.1) is 5.41 Å². The SMILES string of the molecule is CN1CCCCN(CCCC(F)(F)F)Cc2cccc(c2)OCC2(CC2)C1=O. The second-order valence-electron chi connectivity index (χ2n) is 8.15. The molecule has 2 bridgehead atoms. The molecule has 4 nitrogen and oxygen atoms in total. The smallest absolute Gasteiger partial charge is 0.389 e. The number of amides is 1. The van der Waals surface area contributed by atoms with Crippen LogP contribution in [0.3, 0.4) is 0 Å². The topological polar surface area (TPSA) is 32.8 Å². The highest BCUT2D eigenvalue weighted by Gasteiger charge is 2.52. The van der Waals surface area contributed by atoms with Crippen molar-refractivity contribution in [3.05, 3.63) is 29.8 Å². The highest BCUT2D eigenvalue weighted by molar-refractivity contribution is 5.85. The Kier molecular flexibility index (Phi) is 6.53. The maximum atomic E-state index is 12.8. The molecule has 156 valence electrons. The van der Waals surface area contributed by atoms with Crippen molar-refractivity contribution in [2.75, 3.05) is 33.3 Å². The summed E-state index contributed by atoms with van der Waals surface area (Å²) in [5.74, 6) is 0.856. The molecule has 28 heavy (non-hydrogen) atoms. The van der Waals surface area contributed by atoms with Crippen LogP contribution in [-0.4, -0.2) is 55.2 Å². The predicted octanol–water partition coefficient (Wildman–Crippen LogP) is 4.24. The summed E-state index contributed by atoms with van der Waals surface area (Å²) in [6, 6.07) is 7.68. The van der Waals surface area contributed by atoms with Crippen LogP contribution in [-0.2, 0) is 11.3 Å². The number of nitrogens with zero attached hydrogens (tertiary/aromatic N) is 2. The van der Waals surface area contributed by atoms with Gasteiger partial charge in [0, 0.05) is 26.6 Å². The first-order valence-corrected chi connectivity index (χ1v) is 10.0. The minimum Gasteiger partial charge on any atom is -0.492 e. The van der Waals surface area contributed by atoms with E-state index in [0.717, 1.165) is 37.8 Å². The number of alkyl halides is 3. The summed E-state index contributed by atoms with van der Waals surface area (Å²) in [4.78, 5) is 16.6.